The van der Waals surface area contributed by atoms with E-state index in [-0.39, 0.29) is 0 Å². The van der Waals surface area contributed by atoms with E-state index in [1.54, 1.807) is 0 Å². The Kier molecular flexibility index (Phi) is 3.82. The first-order chi connectivity index (χ1) is 8.48. The standard InChI is InChI=1S/C17H27N/c1-5-18-13-17(14-9-7-6-8-10-14)11-15(12-17)16(2,3)4/h6-10,15,18H,5,11-13H2,1-4H3. The largest absolute Gasteiger partial charge is 0.316 e. The van der Waals surface area contributed by atoms with Crippen molar-refractivity contribution < 1.29 is 0 Å². The van der Waals surface area contributed by atoms with Gasteiger partial charge >= 0.3 is 0 Å². The number of hydrogen-bond acceptors (Lipinski definition) is 1. The van der Waals surface area contributed by atoms with Crippen LogP contribution >= 0.6 is 0 Å². The van der Waals surface area contributed by atoms with Gasteiger partial charge in [0, 0.05) is 12.0 Å². The van der Waals surface area contributed by atoms with E-state index >= 15 is 0 Å². The smallest absolute Gasteiger partial charge is 0.00834 e. The van der Waals surface area contributed by atoms with Gasteiger partial charge < -0.3 is 5.32 Å². The zero-order valence-corrected chi connectivity index (χ0v) is 12.3. The van der Waals surface area contributed by atoms with Gasteiger partial charge in [-0.25, -0.2) is 0 Å². The van der Waals surface area contributed by atoms with Gasteiger partial charge in [0.25, 0.3) is 0 Å². The van der Waals surface area contributed by atoms with E-state index in [9.17, 15) is 0 Å². The Labute approximate surface area is 112 Å². The second kappa shape index (κ2) is 5.05. The molecule has 100 valence electrons. The quantitative estimate of drug-likeness (QED) is 0.845. The van der Waals surface area contributed by atoms with Crippen LogP contribution in [0, 0.1) is 11.3 Å². The molecule has 0 aliphatic heterocycles. The van der Waals surface area contributed by atoms with Crippen molar-refractivity contribution in [2.75, 3.05) is 13.1 Å². The second-order valence-corrected chi connectivity index (χ2v) is 6.90. The van der Waals surface area contributed by atoms with Crippen LogP contribution in [-0.4, -0.2) is 13.1 Å². The third-order valence-electron chi connectivity index (χ3n) is 4.60. The summed E-state index contributed by atoms with van der Waals surface area (Å²) in [5.74, 6) is 0.858. The molecule has 1 aliphatic rings. The normalized spacial score (nSPS) is 27.9. The van der Waals surface area contributed by atoms with E-state index in [1.807, 2.05) is 0 Å². The molecular weight excluding hydrogens is 218 g/mol. The van der Waals surface area contributed by atoms with Gasteiger partial charge in [-0.05, 0) is 36.3 Å². The molecule has 0 heterocycles. The van der Waals surface area contributed by atoms with Gasteiger partial charge in [-0.3, -0.25) is 0 Å². The maximum absolute atomic E-state index is 3.56. The van der Waals surface area contributed by atoms with Gasteiger partial charge in [0.1, 0.15) is 0 Å². The number of rotatable bonds is 4. The van der Waals surface area contributed by atoms with E-state index in [0.717, 1.165) is 19.0 Å². The SMILES string of the molecule is CCNCC1(c2ccccc2)CC(C(C)(C)C)C1. The van der Waals surface area contributed by atoms with E-state index in [0.29, 0.717) is 10.8 Å². The van der Waals surface area contributed by atoms with E-state index in [2.05, 4.69) is 63.3 Å². The van der Waals surface area contributed by atoms with Crippen LogP contribution in [0.15, 0.2) is 30.3 Å². The summed E-state index contributed by atoms with van der Waals surface area (Å²) in [7, 11) is 0. The first-order valence-electron chi connectivity index (χ1n) is 7.24. The topological polar surface area (TPSA) is 12.0 Å². The maximum Gasteiger partial charge on any atom is 0.00834 e. The first kappa shape index (κ1) is 13.6. The molecule has 0 radical (unpaired) electrons. The highest BCUT2D eigenvalue weighted by Gasteiger charge is 2.48. The lowest BCUT2D eigenvalue weighted by Crippen LogP contribution is -2.52. The van der Waals surface area contributed by atoms with Crippen molar-refractivity contribution >= 4 is 0 Å². The lowest BCUT2D eigenvalue weighted by molar-refractivity contribution is 0.0452. The molecule has 1 fully saturated rings. The first-order valence-corrected chi connectivity index (χ1v) is 7.24. The zero-order chi connectivity index (χ0) is 13.2. The van der Waals surface area contributed by atoms with Gasteiger partial charge in [-0.1, -0.05) is 58.0 Å². The number of benzene rings is 1. The van der Waals surface area contributed by atoms with Crippen LogP contribution in [0.4, 0.5) is 0 Å². The van der Waals surface area contributed by atoms with Crippen LogP contribution < -0.4 is 5.32 Å². The molecule has 1 saturated carbocycles. The molecule has 1 aliphatic carbocycles. The van der Waals surface area contributed by atoms with Gasteiger partial charge in [0.2, 0.25) is 0 Å². The summed E-state index contributed by atoms with van der Waals surface area (Å²) in [6, 6.07) is 11.1. The molecule has 0 atom stereocenters. The molecule has 1 aromatic rings. The minimum Gasteiger partial charge on any atom is -0.316 e. The van der Waals surface area contributed by atoms with Crippen LogP contribution in [0.25, 0.3) is 0 Å². The second-order valence-electron chi connectivity index (χ2n) is 6.90. The number of nitrogens with one attached hydrogen (secondary N) is 1. The summed E-state index contributed by atoms with van der Waals surface area (Å²) in [6.45, 7) is 11.5. The molecular formula is C17H27N. The fourth-order valence-corrected chi connectivity index (χ4v) is 3.13. The number of likely N-dealkylation sites (N-methyl/N-ethyl adjacent to an activating group) is 1. The van der Waals surface area contributed by atoms with Crippen molar-refractivity contribution in [1.29, 1.82) is 0 Å². The van der Waals surface area contributed by atoms with E-state index < -0.39 is 0 Å². The van der Waals surface area contributed by atoms with Crippen LogP contribution in [0.2, 0.25) is 0 Å². The number of hydrogen-bond donors (Lipinski definition) is 1. The van der Waals surface area contributed by atoms with Crippen molar-refractivity contribution in [1.82, 2.24) is 5.32 Å². The van der Waals surface area contributed by atoms with Gasteiger partial charge in [0.15, 0.2) is 0 Å². The summed E-state index contributed by atoms with van der Waals surface area (Å²) in [4.78, 5) is 0. The minimum atomic E-state index is 0.384. The Hall–Kier alpha value is -0.820. The van der Waals surface area contributed by atoms with Crippen molar-refractivity contribution in [3.8, 4) is 0 Å². The summed E-state index contributed by atoms with van der Waals surface area (Å²) in [5, 5.41) is 3.56. The van der Waals surface area contributed by atoms with Crippen LogP contribution in [-0.2, 0) is 5.41 Å². The summed E-state index contributed by atoms with van der Waals surface area (Å²) < 4.78 is 0. The average molecular weight is 245 g/mol. The van der Waals surface area contributed by atoms with Crippen molar-refractivity contribution in [3.05, 3.63) is 35.9 Å². The van der Waals surface area contributed by atoms with Crippen molar-refractivity contribution in [3.63, 3.8) is 0 Å². The molecule has 0 amide bonds. The summed E-state index contributed by atoms with van der Waals surface area (Å²) in [6.07, 6.45) is 2.65. The Bertz CT molecular complexity index is 368. The van der Waals surface area contributed by atoms with Gasteiger partial charge in [-0.15, -0.1) is 0 Å². The lowest BCUT2D eigenvalue weighted by atomic mass is 9.52. The summed E-state index contributed by atoms with van der Waals surface area (Å²) in [5.41, 5.74) is 2.35. The third-order valence-corrected chi connectivity index (χ3v) is 4.60. The Morgan fingerprint density at radius 3 is 2.28 bits per heavy atom. The third kappa shape index (κ3) is 2.61. The highest BCUT2D eigenvalue weighted by molar-refractivity contribution is 5.30. The van der Waals surface area contributed by atoms with Gasteiger partial charge in [0.05, 0.1) is 0 Å². The summed E-state index contributed by atoms with van der Waals surface area (Å²) >= 11 is 0. The monoisotopic (exact) mass is 245 g/mol. The van der Waals surface area contributed by atoms with E-state index in [1.165, 1.54) is 18.4 Å². The van der Waals surface area contributed by atoms with E-state index in [4.69, 9.17) is 0 Å². The fraction of sp³-hybridized carbons (Fsp3) is 0.647. The molecule has 0 bridgehead atoms. The molecule has 0 aromatic heterocycles. The predicted molar refractivity (Wildman–Crippen MR) is 78.8 cm³/mol. The Morgan fingerprint density at radius 2 is 1.78 bits per heavy atom. The zero-order valence-electron chi connectivity index (χ0n) is 12.3. The highest BCUT2D eigenvalue weighted by atomic mass is 14.9. The van der Waals surface area contributed by atoms with Crippen LogP contribution in [0.1, 0.15) is 46.1 Å². The molecule has 0 unspecified atom stereocenters. The highest BCUT2D eigenvalue weighted by Crippen LogP contribution is 2.53. The van der Waals surface area contributed by atoms with Crippen LogP contribution in [0.5, 0.6) is 0 Å². The maximum atomic E-state index is 3.56. The van der Waals surface area contributed by atoms with Crippen molar-refractivity contribution in [2.24, 2.45) is 11.3 Å². The minimum absolute atomic E-state index is 0.384. The molecule has 1 heteroatoms. The molecule has 1 aromatic carbocycles. The lowest BCUT2D eigenvalue weighted by Gasteiger charge is -2.53. The average Bonchev–Trinajstić information content (AvgIpc) is 2.27. The Morgan fingerprint density at radius 1 is 1.17 bits per heavy atom. The van der Waals surface area contributed by atoms with Crippen molar-refractivity contribution in [2.45, 2.75) is 46.0 Å². The molecule has 2 rings (SSSR count). The predicted octanol–water partition coefficient (Wildman–Crippen LogP) is 3.99. The molecule has 1 N–H and O–H groups in total. The fourth-order valence-electron chi connectivity index (χ4n) is 3.13. The molecule has 1 nitrogen and oxygen atoms in total. The van der Waals surface area contributed by atoms with Crippen LogP contribution in [0.3, 0.4) is 0 Å². The Balaban J connectivity index is 2.14. The molecule has 0 spiro atoms. The molecule has 0 saturated heterocycles. The van der Waals surface area contributed by atoms with Gasteiger partial charge in [-0.2, -0.15) is 0 Å². The molecule has 18 heavy (non-hydrogen) atoms.